The molecule has 0 saturated carbocycles. The molecule has 2 rings (SSSR count). The van der Waals surface area contributed by atoms with Crippen LogP contribution in [0.2, 0.25) is 0 Å². The lowest BCUT2D eigenvalue weighted by Gasteiger charge is -2.26. The smallest absolute Gasteiger partial charge is 0.191 e. The van der Waals surface area contributed by atoms with E-state index in [1.165, 1.54) is 6.42 Å². The van der Waals surface area contributed by atoms with Crippen molar-refractivity contribution >= 4 is 29.9 Å². The lowest BCUT2D eigenvalue weighted by Crippen LogP contribution is -2.44. The maximum absolute atomic E-state index is 5.65. The number of nitrogens with one attached hydrogen (secondary N) is 2. The molecule has 0 amide bonds. The van der Waals surface area contributed by atoms with E-state index in [2.05, 4.69) is 20.5 Å². The van der Waals surface area contributed by atoms with E-state index in [-0.39, 0.29) is 24.0 Å². The van der Waals surface area contributed by atoms with Crippen molar-refractivity contribution in [3.05, 3.63) is 0 Å². The Hall–Kier alpha value is -0.160. The Bertz CT molecular complexity index is 335. The Morgan fingerprint density at radius 2 is 2.00 bits per heavy atom. The molecule has 0 aromatic rings. The van der Waals surface area contributed by atoms with Crippen molar-refractivity contribution in [1.29, 1.82) is 0 Å². The van der Waals surface area contributed by atoms with E-state index in [9.17, 15) is 0 Å². The summed E-state index contributed by atoms with van der Waals surface area (Å²) in [5.74, 6) is 0.859. The molecular formula is C16H33IN4O3. The zero-order valence-corrected chi connectivity index (χ0v) is 17.1. The molecule has 2 aliphatic heterocycles. The number of nitrogens with zero attached hydrogens (tertiary/aromatic N) is 2. The summed E-state index contributed by atoms with van der Waals surface area (Å²) < 4.78 is 16.5. The van der Waals surface area contributed by atoms with Crippen LogP contribution in [0.25, 0.3) is 0 Å². The second kappa shape index (κ2) is 14.1. The topological polar surface area (TPSA) is 67.4 Å². The summed E-state index contributed by atoms with van der Waals surface area (Å²) in [5, 5.41) is 6.67. The van der Waals surface area contributed by atoms with Gasteiger partial charge in [0.05, 0.1) is 25.9 Å². The quantitative estimate of drug-likeness (QED) is 0.230. The predicted octanol–water partition coefficient (Wildman–Crippen LogP) is 0.687. The molecule has 7 nitrogen and oxygen atoms in total. The van der Waals surface area contributed by atoms with Crippen molar-refractivity contribution in [2.45, 2.75) is 25.4 Å². The summed E-state index contributed by atoms with van der Waals surface area (Å²) in [5.41, 5.74) is 0. The van der Waals surface area contributed by atoms with Gasteiger partial charge in [0.15, 0.2) is 5.96 Å². The normalized spacial score (nSPS) is 22.2. The Kier molecular flexibility index (Phi) is 12.8. The van der Waals surface area contributed by atoms with E-state index in [0.717, 1.165) is 84.6 Å². The van der Waals surface area contributed by atoms with Gasteiger partial charge in [0.25, 0.3) is 0 Å². The van der Waals surface area contributed by atoms with Crippen LogP contribution in [0.3, 0.4) is 0 Å². The van der Waals surface area contributed by atoms with Gasteiger partial charge in [0, 0.05) is 53.0 Å². The SMILES string of the molecule is CN=C(NCCCOCC1CCCO1)NCCN1CCOCC1.I. The van der Waals surface area contributed by atoms with Crippen LogP contribution in [-0.4, -0.2) is 89.8 Å². The molecule has 2 fully saturated rings. The Balaban J connectivity index is 0.00000288. The molecule has 8 heteroatoms. The minimum Gasteiger partial charge on any atom is -0.379 e. The van der Waals surface area contributed by atoms with Gasteiger partial charge >= 0.3 is 0 Å². The molecule has 0 bridgehead atoms. The molecule has 142 valence electrons. The average Bonchev–Trinajstić information content (AvgIpc) is 3.10. The van der Waals surface area contributed by atoms with Gasteiger partial charge in [-0.2, -0.15) is 0 Å². The van der Waals surface area contributed by atoms with E-state index in [1.807, 2.05) is 0 Å². The highest BCUT2D eigenvalue weighted by Gasteiger charge is 2.14. The summed E-state index contributed by atoms with van der Waals surface area (Å²) >= 11 is 0. The Labute approximate surface area is 162 Å². The Morgan fingerprint density at radius 1 is 1.21 bits per heavy atom. The zero-order valence-electron chi connectivity index (χ0n) is 14.8. The van der Waals surface area contributed by atoms with E-state index < -0.39 is 0 Å². The molecule has 24 heavy (non-hydrogen) atoms. The minimum absolute atomic E-state index is 0. The van der Waals surface area contributed by atoms with Gasteiger partial charge in [0.2, 0.25) is 0 Å². The molecule has 2 saturated heterocycles. The highest BCUT2D eigenvalue weighted by Crippen LogP contribution is 2.11. The van der Waals surface area contributed by atoms with E-state index in [1.54, 1.807) is 7.05 Å². The molecule has 1 atom stereocenters. The molecule has 0 radical (unpaired) electrons. The lowest BCUT2D eigenvalue weighted by molar-refractivity contribution is 0.0168. The maximum atomic E-state index is 5.65. The molecule has 2 heterocycles. The minimum atomic E-state index is 0. The molecule has 2 N–H and O–H groups in total. The second-order valence-corrected chi connectivity index (χ2v) is 5.94. The van der Waals surface area contributed by atoms with Crippen LogP contribution in [0.15, 0.2) is 4.99 Å². The fourth-order valence-electron chi connectivity index (χ4n) is 2.75. The maximum Gasteiger partial charge on any atom is 0.191 e. The number of guanidine groups is 1. The number of halogens is 1. The summed E-state index contributed by atoms with van der Waals surface area (Å²) in [6.45, 7) is 8.90. The van der Waals surface area contributed by atoms with E-state index in [4.69, 9.17) is 14.2 Å². The largest absolute Gasteiger partial charge is 0.379 e. The third kappa shape index (κ3) is 9.36. The number of morpholine rings is 1. The van der Waals surface area contributed by atoms with Crippen LogP contribution in [-0.2, 0) is 14.2 Å². The van der Waals surface area contributed by atoms with Crippen molar-refractivity contribution in [2.24, 2.45) is 4.99 Å². The first kappa shape index (κ1) is 21.9. The van der Waals surface area contributed by atoms with Crippen molar-refractivity contribution in [2.75, 3.05) is 72.8 Å². The highest BCUT2D eigenvalue weighted by molar-refractivity contribution is 14.0. The lowest BCUT2D eigenvalue weighted by atomic mass is 10.2. The first-order valence-corrected chi connectivity index (χ1v) is 8.82. The highest BCUT2D eigenvalue weighted by atomic mass is 127. The van der Waals surface area contributed by atoms with Gasteiger partial charge in [0.1, 0.15) is 0 Å². The predicted molar refractivity (Wildman–Crippen MR) is 106 cm³/mol. The van der Waals surface area contributed by atoms with Crippen molar-refractivity contribution in [3.8, 4) is 0 Å². The molecular weight excluding hydrogens is 423 g/mol. The van der Waals surface area contributed by atoms with Crippen molar-refractivity contribution < 1.29 is 14.2 Å². The number of hydrogen-bond acceptors (Lipinski definition) is 5. The van der Waals surface area contributed by atoms with Crippen LogP contribution in [0, 0.1) is 0 Å². The van der Waals surface area contributed by atoms with Gasteiger partial charge < -0.3 is 24.8 Å². The summed E-state index contributed by atoms with van der Waals surface area (Å²) in [4.78, 5) is 6.65. The first-order chi connectivity index (χ1) is 11.4. The van der Waals surface area contributed by atoms with Crippen LogP contribution in [0.4, 0.5) is 0 Å². The molecule has 0 aromatic carbocycles. The average molecular weight is 456 g/mol. The van der Waals surface area contributed by atoms with Gasteiger partial charge in [-0.1, -0.05) is 0 Å². The zero-order chi connectivity index (χ0) is 16.2. The molecule has 0 aromatic heterocycles. The molecule has 0 spiro atoms. The monoisotopic (exact) mass is 456 g/mol. The fraction of sp³-hybridized carbons (Fsp3) is 0.938. The summed E-state index contributed by atoms with van der Waals surface area (Å²) in [7, 11) is 1.80. The number of ether oxygens (including phenoxy) is 3. The van der Waals surface area contributed by atoms with Crippen LogP contribution in [0.5, 0.6) is 0 Å². The number of aliphatic imine (C=N–C) groups is 1. The second-order valence-electron chi connectivity index (χ2n) is 5.94. The fourth-order valence-corrected chi connectivity index (χ4v) is 2.75. The van der Waals surface area contributed by atoms with Gasteiger partial charge in [-0.15, -0.1) is 24.0 Å². The van der Waals surface area contributed by atoms with E-state index in [0.29, 0.717) is 6.10 Å². The summed E-state index contributed by atoms with van der Waals surface area (Å²) in [6, 6.07) is 0. The number of rotatable bonds is 9. The van der Waals surface area contributed by atoms with E-state index >= 15 is 0 Å². The van der Waals surface area contributed by atoms with Crippen LogP contribution in [0.1, 0.15) is 19.3 Å². The summed E-state index contributed by atoms with van der Waals surface area (Å²) in [6.07, 6.45) is 3.59. The standard InChI is InChI=1S/C16H32N4O3.HI/c1-17-16(19-6-7-20-8-12-21-13-9-20)18-5-3-10-22-14-15-4-2-11-23-15;/h15H,2-14H2,1H3,(H2,17,18,19);1H. The van der Waals surface area contributed by atoms with Crippen LogP contribution < -0.4 is 10.6 Å². The van der Waals surface area contributed by atoms with Gasteiger partial charge in [-0.05, 0) is 19.3 Å². The van der Waals surface area contributed by atoms with Crippen molar-refractivity contribution in [3.63, 3.8) is 0 Å². The number of hydrogen-bond donors (Lipinski definition) is 2. The van der Waals surface area contributed by atoms with Crippen molar-refractivity contribution in [1.82, 2.24) is 15.5 Å². The molecule has 1 unspecified atom stereocenters. The molecule has 0 aliphatic carbocycles. The first-order valence-electron chi connectivity index (χ1n) is 8.82. The van der Waals surface area contributed by atoms with Gasteiger partial charge in [-0.3, -0.25) is 9.89 Å². The Morgan fingerprint density at radius 3 is 2.71 bits per heavy atom. The third-order valence-electron chi connectivity index (χ3n) is 4.13. The van der Waals surface area contributed by atoms with Gasteiger partial charge in [-0.25, -0.2) is 0 Å². The van der Waals surface area contributed by atoms with Crippen LogP contribution >= 0.6 is 24.0 Å². The molecule has 2 aliphatic rings. The third-order valence-corrected chi connectivity index (χ3v) is 4.13.